The molecule has 0 unspecified atom stereocenters. The molecule has 4 heteroatoms. The standard InChI is InChI=1S/C17H20N4/c1-15-7-9-16(10-8-15)18-19-21-13-11-20(12-14-21)17-5-3-2-4-6-17/h2-10H,11-14H2,1H3. The van der Waals surface area contributed by atoms with Crippen molar-refractivity contribution in [2.75, 3.05) is 31.1 Å². The van der Waals surface area contributed by atoms with E-state index in [4.69, 9.17) is 0 Å². The molecule has 0 saturated carbocycles. The van der Waals surface area contributed by atoms with Gasteiger partial charge in [-0.1, -0.05) is 41.1 Å². The molecule has 4 nitrogen and oxygen atoms in total. The molecule has 0 bridgehead atoms. The van der Waals surface area contributed by atoms with Crippen molar-refractivity contribution in [2.24, 2.45) is 10.3 Å². The van der Waals surface area contributed by atoms with Crippen LogP contribution in [0.5, 0.6) is 0 Å². The smallest absolute Gasteiger partial charge is 0.0874 e. The van der Waals surface area contributed by atoms with Gasteiger partial charge in [0, 0.05) is 18.8 Å². The van der Waals surface area contributed by atoms with Crippen molar-refractivity contribution >= 4 is 11.4 Å². The maximum absolute atomic E-state index is 4.34. The maximum atomic E-state index is 4.34. The molecule has 3 rings (SSSR count). The third-order valence-electron chi connectivity index (χ3n) is 3.70. The summed E-state index contributed by atoms with van der Waals surface area (Å²) in [4.78, 5) is 2.39. The molecule has 1 aliphatic rings. The second kappa shape index (κ2) is 6.39. The van der Waals surface area contributed by atoms with Crippen LogP contribution in [-0.4, -0.2) is 31.2 Å². The van der Waals surface area contributed by atoms with E-state index in [0.29, 0.717) is 0 Å². The molecule has 1 fully saturated rings. The SMILES string of the molecule is Cc1ccc(N=NN2CCN(c3ccccc3)CC2)cc1. The van der Waals surface area contributed by atoms with Crippen LogP contribution in [0.3, 0.4) is 0 Å². The Morgan fingerprint density at radius 3 is 2.14 bits per heavy atom. The highest BCUT2D eigenvalue weighted by molar-refractivity contribution is 5.46. The summed E-state index contributed by atoms with van der Waals surface area (Å²) in [5.41, 5.74) is 3.43. The number of hydrogen-bond donors (Lipinski definition) is 0. The molecule has 0 radical (unpaired) electrons. The van der Waals surface area contributed by atoms with Gasteiger partial charge in [0.1, 0.15) is 0 Å². The summed E-state index contributed by atoms with van der Waals surface area (Å²) in [6.07, 6.45) is 0. The van der Waals surface area contributed by atoms with E-state index in [1.54, 1.807) is 0 Å². The largest absolute Gasteiger partial charge is 0.368 e. The number of piperazine rings is 1. The Labute approximate surface area is 125 Å². The highest BCUT2D eigenvalue weighted by atomic mass is 15.6. The number of benzene rings is 2. The molecular formula is C17H20N4. The van der Waals surface area contributed by atoms with E-state index in [1.807, 2.05) is 17.1 Å². The molecular weight excluding hydrogens is 260 g/mol. The van der Waals surface area contributed by atoms with E-state index in [2.05, 4.69) is 64.6 Å². The minimum atomic E-state index is 0.907. The van der Waals surface area contributed by atoms with Crippen LogP contribution in [0.2, 0.25) is 0 Å². The molecule has 0 N–H and O–H groups in total. The lowest BCUT2D eigenvalue weighted by Crippen LogP contribution is -2.43. The Hall–Kier alpha value is -2.36. The Morgan fingerprint density at radius 1 is 0.810 bits per heavy atom. The van der Waals surface area contributed by atoms with Crippen molar-refractivity contribution < 1.29 is 0 Å². The molecule has 1 heterocycles. The normalized spacial score (nSPS) is 15.7. The monoisotopic (exact) mass is 280 g/mol. The van der Waals surface area contributed by atoms with Gasteiger partial charge in [-0.25, -0.2) is 0 Å². The zero-order chi connectivity index (χ0) is 14.5. The lowest BCUT2D eigenvalue weighted by Gasteiger charge is -2.33. The van der Waals surface area contributed by atoms with Crippen molar-refractivity contribution in [1.82, 2.24) is 5.01 Å². The summed E-state index contributed by atoms with van der Waals surface area (Å²) in [5, 5.41) is 10.7. The fourth-order valence-electron chi connectivity index (χ4n) is 2.41. The van der Waals surface area contributed by atoms with Crippen molar-refractivity contribution in [3.8, 4) is 0 Å². The van der Waals surface area contributed by atoms with Crippen LogP contribution in [0.15, 0.2) is 64.9 Å². The number of hydrogen-bond acceptors (Lipinski definition) is 3. The van der Waals surface area contributed by atoms with Gasteiger partial charge < -0.3 is 4.90 Å². The molecule has 0 spiro atoms. The van der Waals surface area contributed by atoms with Crippen LogP contribution in [0, 0.1) is 6.92 Å². The van der Waals surface area contributed by atoms with Crippen molar-refractivity contribution in [1.29, 1.82) is 0 Å². The third kappa shape index (κ3) is 3.60. The maximum Gasteiger partial charge on any atom is 0.0874 e. The molecule has 0 atom stereocenters. The number of nitrogens with zero attached hydrogens (tertiary/aromatic N) is 4. The summed E-state index contributed by atoms with van der Waals surface area (Å²) in [6, 6.07) is 18.6. The third-order valence-corrected chi connectivity index (χ3v) is 3.70. The first-order valence-electron chi connectivity index (χ1n) is 7.34. The number of rotatable bonds is 3. The zero-order valence-electron chi connectivity index (χ0n) is 12.3. The van der Waals surface area contributed by atoms with Gasteiger partial charge in [-0.3, -0.25) is 5.01 Å². The van der Waals surface area contributed by atoms with Crippen LogP contribution in [0.4, 0.5) is 11.4 Å². The van der Waals surface area contributed by atoms with Gasteiger partial charge in [0.15, 0.2) is 0 Å². The Balaban J connectivity index is 1.55. The first-order valence-corrected chi connectivity index (χ1v) is 7.34. The van der Waals surface area contributed by atoms with Gasteiger partial charge in [-0.15, -0.1) is 5.11 Å². The van der Waals surface area contributed by atoms with Gasteiger partial charge >= 0.3 is 0 Å². The Morgan fingerprint density at radius 2 is 1.48 bits per heavy atom. The highest BCUT2D eigenvalue weighted by Gasteiger charge is 2.15. The van der Waals surface area contributed by atoms with Crippen molar-refractivity contribution in [3.05, 3.63) is 60.2 Å². The summed E-state index contributed by atoms with van der Waals surface area (Å²) in [7, 11) is 0. The lowest BCUT2D eigenvalue weighted by molar-refractivity contribution is 0.254. The Kier molecular flexibility index (Phi) is 4.15. The molecule has 1 aliphatic heterocycles. The number of anilines is 1. The van der Waals surface area contributed by atoms with E-state index in [-0.39, 0.29) is 0 Å². The fraction of sp³-hybridized carbons (Fsp3) is 0.294. The minimum Gasteiger partial charge on any atom is -0.368 e. The quantitative estimate of drug-likeness (QED) is 0.800. The van der Waals surface area contributed by atoms with Crippen molar-refractivity contribution in [2.45, 2.75) is 6.92 Å². The van der Waals surface area contributed by atoms with Gasteiger partial charge in [0.05, 0.1) is 18.8 Å². The van der Waals surface area contributed by atoms with Crippen LogP contribution in [-0.2, 0) is 0 Å². The molecule has 0 aliphatic carbocycles. The summed E-state index contributed by atoms with van der Waals surface area (Å²) >= 11 is 0. The van der Waals surface area contributed by atoms with Gasteiger partial charge in [0.2, 0.25) is 0 Å². The van der Waals surface area contributed by atoms with Crippen LogP contribution < -0.4 is 4.90 Å². The van der Waals surface area contributed by atoms with E-state index in [1.165, 1.54) is 11.3 Å². The van der Waals surface area contributed by atoms with E-state index in [0.717, 1.165) is 31.9 Å². The summed E-state index contributed by atoms with van der Waals surface area (Å²) < 4.78 is 0. The molecule has 0 aromatic heterocycles. The topological polar surface area (TPSA) is 31.2 Å². The molecule has 2 aromatic carbocycles. The molecule has 108 valence electrons. The first-order chi connectivity index (χ1) is 10.3. The van der Waals surface area contributed by atoms with Crippen LogP contribution in [0.25, 0.3) is 0 Å². The number of para-hydroxylation sites is 1. The second-order valence-corrected chi connectivity index (χ2v) is 5.30. The van der Waals surface area contributed by atoms with Gasteiger partial charge in [0.25, 0.3) is 0 Å². The van der Waals surface area contributed by atoms with E-state index < -0.39 is 0 Å². The molecule has 0 amide bonds. The average molecular weight is 280 g/mol. The van der Waals surface area contributed by atoms with Crippen LogP contribution in [0.1, 0.15) is 5.56 Å². The Bertz CT molecular complexity index is 584. The lowest BCUT2D eigenvalue weighted by atomic mass is 10.2. The van der Waals surface area contributed by atoms with Gasteiger partial charge in [-0.2, -0.15) is 0 Å². The summed E-state index contributed by atoms with van der Waals surface area (Å²) in [6.45, 7) is 5.85. The minimum absolute atomic E-state index is 0.907. The van der Waals surface area contributed by atoms with E-state index in [9.17, 15) is 0 Å². The average Bonchev–Trinajstić information content (AvgIpc) is 2.56. The second-order valence-electron chi connectivity index (χ2n) is 5.30. The molecule has 1 saturated heterocycles. The zero-order valence-corrected chi connectivity index (χ0v) is 12.3. The number of aryl methyl sites for hydroxylation is 1. The highest BCUT2D eigenvalue weighted by Crippen LogP contribution is 2.17. The molecule has 21 heavy (non-hydrogen) atoms. The predicted octanol–water partition coefficient (Wildman–Crippen LogP) is 3.82. The van der Waals surface area contributed by atoms with Crippen molar-refractivity contribution in [3.63, 3.8) is 0 Å². The van der Waals surface area contributed by atoms with Crippen LogP contribution >= 0.6 is 0 Å². The fourth-order valence-corrected chi connectivity index (χ4v) is 2.41. The summed E-state index contributed by atoms with van der Waals surface area (Å²) in [5.74, 6) is 0. The van der Waals surface area contributed by atoms with E-state index >= 15 is 0 Å². The molecule has 2 aromatic rings. The predicted molar refractivity (Wildman–Crippen MR) is 85.9 cm³/mol. The van der Waals surface area contributed by atoms with Gasteiger partial charge in [-0.05, 0) is 31.2 Å². The first kappa shape index (κ1) is 13.6.